The molecule has 1 aliphatic heterocycles. The Morgan fingerprint density at radius 2 is 1.88 bits per heavy atom. The average molecular weight is 604 g/mol. The molecule has 0 saturated heterocycles. The fraction of sp³-hybridized carbons (Fsp3) is 0.276. The predicted molar refractivity (Wildman–Crippen MR) is 151 cm³/mol. The maximum atomic E-state index is 15.0. The van der Waals surface area contributed by atoms with Gasteiger partial charge < -0.3 is 0 Å². The second kappa shape index (κ2) is 11.4. The minimum atomic E-state index is -4.00. The number of benzene rings is 2. The minimum absolute atomic E-state index is 0.0491. The summed E-state index contributed by atoms with van der Waals surface area (Å²) in [6.07, 6.45) is 3.20. The monoisotopic (exact) mass is 603 g/mol. The highest BCUT2D eigenvalue weighted by molar-refractivity contribution is 7.92. The lowest BCUT2D eigenvalue weighted by atomic mass is 9.93. The third kappa shape index (κ3) is 6.71. The number of sulfone groups is 1. The van der Waals surface area contributed by atoms with E-state index >= 15 is 4.39 Å². The summed E-state index contributed by atoms with van der Waals surface area (Å²) in [5.74, 6) is -3.46. The van der Waals surface area contributed by atoms with E-state index in [4.69, 9.17) is 0 Å². The van der Waals surface area contributed by atoms with Crippen molar-refractivity contribution in [3.8, 4) is 0 Å². The number of hydrogen-bond donors (Lipinski definition) is 1. The Bertz CT molecular complexity index is 1770. The van der Waals surface area contributed by atoms with Gasteiger partial charge in [0.25, 0.3) is 0 Å². The van der Waals surface area contributed by atoms with Gasteiger partial charge in [-0.3, -0.25) is 4.68 Å². The van der Waals surface area contributed by atoms with Crippen molar-refractivity contribution in [2.45, 2.75) is 43.5 Å². The summed E-state index contributed by atoms with van der Waals surface area (Å²) in [6, 6.07) is 13.1. The maximum Gasteiger partial charge on any atom is 0.234 e. The quantitative estimate of drug-likeness (QED) is 0.363. The molecule has 3 atom stereocenters. The number of sulfonamides is 1. The molecule has 7 nitrogen and oxygen atoms in total. The fourth-order valence-corrected chi connectivity index (χ4v) is 8.07. The largest absolute Gasteiger partial charge is 0.258 e. The van der Waals surface area contributed by atoms with E-state index in [0.717, 1.165) is 17.0 Å². The molecule has 0 saturated carbocycles. The van der Waals surface area contributed by atoms with Crippen molar-refractivity contribution in [2.24, 2.45) is 0 Å². The lowest BCUT2D eigenvalue weighted by Crippen LogP contribution is -2.29. The van der Waals surface area contributed by atoms with Crippen LogP contribution >= 0.6 is 0 Å². The summed E-state index contributed by atoms with van der Waals surface area (Å²) in [5.41, 5.74) is 1.97. The SMILES string of the molecule is C[C@H](NS(=O)(=O)/C=C/c1nn(C2CC=C(F)C=C2F)c2c1CS(=O)(=O)CC2Cc1cccc(F)c1)c1ccccc1. The van der Waals surface area contributed by atoms with E-state index in [0.29, 0.717) is 11.3 Å². The molecule has 12 heteroatoms. The van der Waals surface area contributed by atoms with E-state index in [9.17, 15) is 25.6 Å². The molecular weight excluding hydrogens is 575 g/mol. The zero-order valence-electron chi connectivity index (χ0n) is 22.0. The van der Waals surface area contributed by atoms with Gasteiger partial charge in [0.1, 0.15) is 23.5 Å². The summed E-state index contributed by atoms with van der Waals surface area (Å²) in [6.45, 7) is 1.69. The second-order valence-electron chi connectivity index (χ2n) is 10.2. The molecule has 5 rings (SSSR count). The van der Waals surface area contributed by atoms with Crippen LogP contribution in [0.15, 0.2) is 83.8 Å². The van der Waals surface area contributed by atoms with Crippen LogP contribution in [0.1, 0.15) is 59.4 Å². The Balaban J connectivity index is 1.56. The zero-order valence-corrected chi connectivity index (χ0v) is 23.7. The Morgan fingerprint density at radius 3 is 2.59 bits per heavy atom. The third-order valence-electron chi connectivity index (χ3n) is 7.13. The van der Waals surface area contributed by atoms with Crippen molar-refractivity contribution in [1.82, 2.24) is 14.5 Å². The number of nitrogens with one attached hydrogen (secondary N) is 1. The average Bonchev–Trinajstić information content (AvgIpc) is 3.25. The normalized spacial score (nSPS) is 21.3. The van der Waals surface area contributed by atoms with Crippen LogP contribution < -0.4 is 4.72 Å². The first-order valence-corrected chi connectivity index (χ1v) is 16.3. The summed E-state index contributed by atoms with van der Waals surface area (Å²) in [4.78, 5) is 0. The van der Waals surface area contributed by atoms with Crippen LogP contribution in [-0.2, 0) is 32.0 Å². The van der Waals surface area contributed by atoms with Gasteiger partial charge in [-0.25, -0.2) is 34.7 Å². The zero-order chi connectivity index (χ0) is 29.4. The van der Waals surface area contributed by atoms with Gasteiger partial charge in [-0.1, -0.05) is 42.5 Å². The number of hydrogen-bond acceptors (Lipinski definition) is 5. The van der Waals surface area contributed by atoms with E-state index in [1.807, 2.05) is 6.07 Å². The van der Waals surface area contributed by atoms with Crippen molar-refractivity contribution in [3.63, 3.8) is 0 Å². The molecule has 3 aromatic rings. The fourth-order valence-electron chi connectivity index (χ4n) is 5.31. The molecule has 0 spiro atoms. The van der Waals surface area contributed by atoms with E-state index in [-0.39, 0.29) is 29.9 Å². The molecule has 1 N–H and O–H groups in total. The summed E-state index contributed by atoms with van der Waals surface area (Å²) in [5, 5.41) is 5.37. The van der Waals surface area contributed by atoms with Crippen LogP contribution in [0.4, 0.5) is 13.2 Å². The van der Waals surface area contributed by atoms with Crippen molar-refractivity contribution in [1.29, 1.82) is 0 Å². The van der Waals surface area contributed by atoms with Gasteiger partial charge in [-0.2, -0.15) is 5.10 Å². The Hall–Kier alpha value is -3.48. The number of fused-ring (bicyclic) bond motifs is 1. The van der Waals surface area contributed by atoms with Gasteiger partial charge in [-0.05, 0) is 55.2 Å². The third-order valence-corrected chi connectivity index (χ3v) is 9.94. The van der Waals surface area contributed by atoms with E-state index in [1.54, 1.807) is 37.3 Å². The van der Waals surface area contributed by atoms with Crippen LogP contribution in [0.25, 0.3) is 6.08 Å². The highest BCUT2D eigenvalue weighted by Crippen LogP contribution is 2.40. The second-order valence-corrected chi connectivity index (χ2v) is 14.0. The van der Waals surface area contributed by atoms with Crippen LogP contribution in [0, 0.1) is 5.82 Å². The van der Waals surface area contributed by atoms with E-state index < -0.39 is 61.1 Å². The molecule has 216 valence electrons. The molecule has 0 radical (unpaired) electrons. The van der Waals surface area contributed by atoms with Crippen molar-refractivity contribution in [3.05, 3.63) is 118 Å². The molecule has 1 aliphatic carbocycles. The first-order valence-electron chi connectivity index (χ1n) is 12.9. The number of halogens is 3. The molecule has 1 aromatic heterocycles. The van der Waals surface area contributed by atoms with Gasteiger partial charge >= 0.3 is 0 Å². The number of rotatable bonds is 8. The van der Waals surface area contributed by atoms with Crippen LogP contribution in [0.2, 0.25) is 0 Å². The number of nitrogens with zero attached hydrogens (tertiary/aromatic N) is 2. The highest BCUT2D eigenvalue weighted by Gasteiger charge is 2.38. The first kappa shape index (κ1) is 29.0. The highest BCUT2D eigenvalue weighted by atomic mass is 32.2. The molecule has 0 fully saturated rings. The Kier molecular flexibility index (Phi) is 8.09. The minimum Gasteiger partial charge on any atom is -0.258 e. The van der Waals surface area contributed by atoms with Crippen molar-refractivity contribution in [2.75, 3.05) is 5.75 Å². The lowest BCUT2D eigenvalue weighted by molar-refractivity contribution is 0.392. The van der Waals surface area contributed by atoms with Gasteiger partial charge in [0, 0.05) is 34.7 Å². The molecule has 41 heavy (non-hydrogen) atoms. The van der Waals surface area contributed by atoms with Crippen LogP contribution in [0.3, 0.4) is 0 Å². The van der Waals surface area contributed by atoms with Gasteiger partial charge in [0.2, 0.25) is 10.0 Å². The lowest BCUT2D eigenvalue weighted by Gasteiger charge is -2.28. The first-order chi connectivity index (χ1) is 19.4. The molecular formula is C29H28F3N3O4S2. The predicted octanol–water partition coefficient (Wildman–Crippen LogP) is 5.58. The number of allylic oxidation sites excluding steroid dienone is 4. The Labute approximate surface area is 237 Å². The van der Waals surface area contributed by atoms with Gasteiger partial charge in [0.15, 0.2) is 9.84 Å². The van der Waals surface area contributed by atoms with E-state index in [1.165, 1.54) is 35.0 Å². The molecule has 0 bridgehead atoms. The van der Waals surface area contributed by atoms with Gasteiger partial charge in [0.05, 0.1) is 17.2 Å². The van der Waals surface area contributed by atoms with Crippen LogP contribution in [0.5, 0.6) is 0 Å². The standard InChI is InChI=1S/C29H28F3N3O4S2/c1-19(21-7-3-2-4-8-21)34-41(38,39)13-12-27-25-18-40(36,37)17-22(14-20-6-5-9-23(30)15-20)29(25)35(33-27)28-11-10-24(31)16-26(28)32/h2-10,12-13,15-16,19,22,28,34H,11,14,17-18H2,1H3/b13-12+/t19-,22?,28?/m0/s1. The summed E-state index contributed by atoms with van der Waals surface area (Å²) < 4.78 is 98.5. The van der Waals surface area contributed by atoms with Crippen LogP contribution in [-0.4, -0.2) is 32.4 Å². The summed E-state index contributed by atoms with van der Waals surface area (Å²) in [7, 11) is -7.67. The number of aromatic nitrogens is 2. The molecule has 2 heterocycles. The molecule has 2 aromatic carbocycles. The van der Waals surface area contributed by atoms with E-state index in [2.05, 4.69) is 9.82 Å². The Morgan fingerprint density at radius 1 is 1.12 bits per heavy atom. The summed E-state index contributed by atoms with van der Waals surface area (Å²) >= 11 is 0. The molecule has 2 aliphatic rings. The van der Waals surface area contributed by atoms with Crippen molar-refractivity contribution < 1.29 is 30.0 Å². The topological polar surface area (TPSA) is 98.1 Å². The van der Waals surface area contributed by atoms with Gasteiger partial charge in [-0.15, -0.1) is 0 Å². The maximum absolute atomic E-state index is 15.0. The smallest absolute Gasteiger partial charge is 0.234 e. The molecule has 0 amide bonds. The van der Waals surface area contributed by atoms with Crippen molar-refractivity contribution >= 4 is 25.9 Å². The molecule has 2 unspecified atom stereocenters.